The van der Waals surface area contributed by atoms with Gasteiger partial charge in [-0.15, -0.1) is 10.2 Å². The number of amides is 1. The van der Waals surface area contributed by atoms with E-state index in [-0.39, 0.29) is 17.8 Å². The van der Waals surface area contributed by atoms with Crippen molar-refractivity contribution in [2.75, 3.05) is 5.84 Å². The van der Waals surface area contributed by atoms with Gasteiger partial charge in [-0.2, -0.15) is 0 Å². The van der Waals surface area contributed by atoms with Crippen LogP contribution in [0.15, 0.2) is 47.6 Å². The minimum atomic E-state index is -0.656. The highest BCUT2D eigenvalue weighted by molar-refractivity contribution is 8.00. The molecule has 1 heterocycles. The average molecular weight is 452 g/mol. The average Bonchev–Trinajstić information content (AvgIpc) is 3.43. The number of nitrogens with two attached hydrogens (primary N) is 1. The quantitative estimate of drug-likeness (QED) is 0.432. The zero-order chi connectivity index (χ0) is 20.5. The Kier molecular flexibility index (Phi) is 5.67. The van der Waals surface area contributed by atoms with E-state index in [9.17, 15) is 9.18 Å². The molecular formula is C19H16Cl2FN5OS. The number of nitrogen functional groups attached to an aromatic ring is 1. The summed E-state index contributed by atoms with van der Waals surface area (Å²) in [6.07, 6.45) is 1.91. The Morgan fingerprint density at radius 2 is 1.93 bits per heavy atom. The van der Waals surface area contributed by atoms with Gasteiger partial charge in [0.2, 0.25) is 11.1 Å². The number of thioether (sulfide) groups is 1. The number of nitrogens with one attached hydrogen (secondary N) is 1. The molecule has 29 heavy (non-hydrogen) atoms. The molecule has 1 fully saturated rings. The first-order chi connectivity index (χ1) is 13.9. The molecule has 0 spiro atoms. The van der Waals surface area contributed by atoms with Crippen molar-refractivity contribution in [2.24, 2.45) is 0 Å². The van der Waals surface area contributed by atoms with E-state index in [1.54, 1.807) is 30.3 Å². The van der Waals surface area contributed by atoms with Crippen LogP contribution in [0.5, 0.6) is 0 Å². The second-order valence-electron chi connectivity index (χ2n) is 6.63. The molecule has 3 aromatic rings. The second kappa shape index (κ2) is 8.22. The van der Waals surface area contributed by atoms with Crippen LogP contribution in [-0.4, -0.2) is 26.8 Å². The molecule has 1 aliphatic rings. The molecule has 0 bridgehead atoms. The van der Waals surface area contributed by atoms with Gasteiger partial charge in [0, 0.05) is 16.6 Å². The van der Waals surface area contributed by atoms with Gasteiger partial charge in [-0.1, -0.05) is 47.1 Å². The lowest BCUT2D eigenvalue weighted by atomic mass is 10.1. The van der Waals surface area contributed by atoms with Crippen LogP contribution in [-0.2, 0) is 4.79 Å². The summed E-state index contributed by atoms with van der Waals surface area (Å²) in [5.41, 5.74) is 1.21. The zero-order valence-electron chi connectivity index (χ0n) is 15.0. The second-order valence-corrected chi connectivity index (χ2v) is 8.55. The topological polar surface area (TPSA) is 85.8 Å². The van der Waals surface area contributed by atoms with Gasteiger partial charge in [-0.3, -0.25) is 4.79 Å². The minimum absolute atomic E-state index is 0.182. The number of aromatic nitrogens is 3. The fourth-order valence-corrected chi connectivity index (χ4v) is 4.19. The molecule has 4 rings (SSSR count). The first kappa shape index (κ1) is 20.0. The first-order valence-corrected chi connectivity index (χ1v) is 10.4. The molecular weight excluding hydrogens is 436 g/mol. The lowest BCUT2D eigenvalue weighted by Crippen LogP contribution is -2.30. The molecule has 10 heteroatoms. The summed E-state index contributed by atoms with van der Waals surface area (Å²) >= 11 is 13.3. The maximum absolute atomic E-state index is 13.3. The highest BCUT2D eigenvalue weighted by atomic mass is 35.5. The monoisotopic (exact) mass is 451 g/mol. The third-order valence-electron chi connectivity index (χ3n) is 4.39. The zero-order valence-corrected chi connectivity index (χ0v) is 17.3. The van der Waals surface area contributed by atoms with Gasteiger partial charge in [0.05, 0.1) is 5.02 Å². The first-order valence-electron chi connectivity index (χ1n) is 8.81. The Balaban J connectivity index is 1.64. The van der Waals surface area contributed by atoms with Crippen molar-refractivity contribution < 1.29 is 9.18 Å². The summed E-state index contributed by atoms with van der Waals surface area (Å²) in [6.45, 7) is 0. The van der Waals surface area contributed by atoms with Gasteiger partial charge >= 0.3 is 0 Å². The molecule has 1 aliphatic carbocycles. The summed E-state index contributed by atoms with van der Waals surface area (Å²) in [7, 11) is 0. The fraction of sp³-hybridized carbons (Fsp3) is 0.211. The Hall–Kier alpha value is -2.29. The number of hydrogen-bond acceptors (Lipinski definition) is 5. The minimum Gasteiger partial charge on any atom is -0.352 e. The fourth-order valence-electron chi connectivity index (χ4n) is 2.73. The van der Waals surface area contributed by atoms with E-state index >= 15 is 0 Å². The van der Waals surface area contributed by atoms with Crippen molar-refractivity contribution in [2.45, 2.75) is 29.3 Å². The van der Waals surface area contributed by atoms with Crippen LogP contribution in [0, 0.1) is 5.82 Å². The van der Waals surface area contributed by atoms with Crippen molar-refractivity contribution in [3.63, 3.8) is 0 Å². The summed E-state index contributed by atoms with van der Waals surface area (Å²) in [5, 5.41) is 11.8. The largest absolute Gasteiger partial charge is 0.352 e. The lowest BCUT2D eigenvalue weighted by molar-refractivity contribution is -0.120. The Bertz CT molecular complexity index is 1060. The molecule has 1 atom stereocenters. The Labute approximate surface area is 180 Å². The SMILES string of the molecule is Nn1c(SC(C(=O)NC2CC2)c2ccc(F)cc2)nnc1-c1ccc(Cl)cc1Cl. The van der Waals surface area contributed by atoms with Gasteiger partial charge in [0.1, 0.15) is 11.1 Å². The van der Waals surface area contributed by atoms with E-state index in [0.717, 1.165) is 24.6 Å². The summed E-state index contributed by atoms with van der Waals surface area (Å²) < 4.78 is 14.6. The molecule has 0 aliphatic heterocycles. The molecule has 3 N–H and O–H groups in total. The van der Waals surface area contributed by atoms with Crippen LogP contribution >= 0.6 is 35.0 Å². The number of carbonyl (C=O) groups is 1. The smallest absolute Gasteiger partial charge is 0.238 e. The van der Waals surface area contributed by atoms with E-state index in [1.807, 2.05) is 0 Å². The third-order valence-corrected chi connectivity index (χ3v) is 6.15. The summed E-state index contributed by atoms with van der Waals surface area (Å²) in [4.78, 5) is 12.8. The van der Waals surface area contributed by atoms with E-state index < -0.39 is 5.25 Å². The van der Waals surface area contributed by atoms with Crippen LogP contribution in [0.3, 0.4) is 0 Å². The number of rotatable bonds is 6. The molecule has 1 unspecified atom stereocenters. The normalized spacial score (nSPS) is 14.6. The maximum atomic E-state index is 13.3. The number of halogens is 3. The van der Waals surface area contributed by atoms with Crippen LogP contribution < -0.4 is 11.2 Å². The van der Waals surface area contributed by atoms with Gasteiger partial charge in [-0.25, -0.2) is 9.07 Å². The third kappa shape index (κ3) is 4.49. The predicted octanol–water partition coefficient (Wildman–Crippen LogP) is 4.22. The highest BCUT2D eigenvalue weighted by Gasteiger charge is 2.30. The van der Waals surface area contributed by atoms with Crippen molar-refractivity contribution in [3.05, 3.63) is 63.9 Å². The van der Waals surface area contributed by atoms with Gasteiger partial charge < -0.3 is 11.2 Å². The van der Waals surface area contributed by atoms with Crippen molar-refractivity contribution >= 4 is 40.9 Å². The van der Waals surface area contributed by atoms with Crippen molar-refractivity contribution in [1.29, 1.82) is 0 Å². The van der Waals surface area contributed by atoms with E-state index in [0.29, 0.717) is 32.2 Å². The maximum Gasteiger partial charge on any atom is 0.238 e. The van der Waals surface area contributed by atoms with Crippen molar-refractivity contribution in [1.82, 2.24) is 20.2 Å². The number of carbonyl (C=O) groups excluding carboxylic acids is 1. The number of nitrogens with zero attached hydrogens (tertiary/aromatic N) is 3. The standard InChI is InChI=1S/C19H16Cl2FN5OS/c20-11-3-8-14(15(21)9-11)17-25-26-19(27(17)23)29-16(18(28)24-13-6-7-13)10-1-4-12(22)5-2-10/h1-5,8-9,13,16H,6-7,23H2,(H,24,28). The Morgan fingerprint density at radius 1 is 1.21 bits per heavy atom. The molecule has 0 radical (unpaired) electrons. The number of benzene rings is 2. The lowest BCUT2D eigenvalue weighted by Gasteiger charge is -2.16. The Morgan fingerprint density at radius 3 is 2.59 bits per heavy atom. The van der Waals surface area contributed by atoms with Gasteiger partial charge in [-0.05, 0) is 48.7 Å². The van der Waals surface area contributed by atoms with Crippen LogP contribution in [0.4, 0.5) is 4.39 Å². The van der Waals surface area contributed by atoms with Crippen molar-refractivity contribution in [3.8, 4) is 11.4 Å². The van der Waals surface area contributed by atoms with E-state index in [1.165, 1.54) is 16.8 Å². The summed E-state index contributed by atoms with van der Waals surface area (Å²) in [5.74, 6) is 5.98. The van der Waals surface area contributed by atoms with Gasteiger partial charge in [0.15, 0.2) is 5.82 Å². The van der Waals surface area contributed by atoms with E-state index in [4.69, 9.17) is 29.0 Å². The molecule has 6 nitrogen and oxygen atoms in total. The molecule has 2 aromatic carbocycles. The number of hydrogen-bond donors (Lipinski definition) is 2. The summed E-state index contributed by atoms with van der Waals surface area (Å²) in [6, 6.07) is 10.9. The van der Waals surface area contributed by atoms with Gasteiger partial charge in [0.25, 0.3) is 0 Å². The predicted molar refractivity (Wildman–Crippen MR) is 112 cm³/mol. The van der Waals surface area contributed by atoms with Crippen LogP contribution in [0.25, 0.3) is 11.4 Å². The van der Waals surface area contributed by atoms with Crippen LogP contribution in [0.1, 0.15) is 23.7 Å². The molecule has 0 saturated heterocycles. The van der Waals surface area contributed by atoms with E-state index in [2.05, 4.69) is 15.5 Å². The molecule has 150 valence electrons. The molecule has 1 aromatic heterocycles. The molecule has 1 saturated carbocycles. The highest BCUT2D eigenvalue weighted by Crippen LogP contribution is 2.37. The van der Waals surface area contributed by atoms with Crippen LogP contribution in [0.2, 0.25) is 10.0 Å². The molecule has 1 amide bonds.